The van der Waals surface area contributed by atoms with Crippen molar-refractivity contribution in [1.29, 1.82) is 0 Å². The van der Waals surface area contributed by atoms with Gasteiger partial charge in [0.25, 0.3) is 0 Å². The molecular weight excluding hydrogens is 184 g/mol. The quantitative estimate of drug-likeness (QED) is 0.743. The number of nitrogens with one attached hydrogen (secondary N) is 1. The molecule has 3 N–H and O–H groups in total. The number of nitrogens with two attached hydrogens (primary N) is 1. The fraction of sp³-hybridized carbons (Fsp3) is 0.538. The maximum absolute atomic E-state index is 5.71. The van der Waals surface area contributed by atoms with Crippen molar-refractivity contribution in [2.75, 3.05) is 17.6 Å². The summed E-state index contributed by atoms with van der Waals surface area (Å²) in [6.07, 6.45) is 1.34. The molecule has 15 heavy (non-hydrogen) atoms. The van der Waals surface area contributed by atoms with Crippen LogP contribution in [0.3, 0.4) is 0 Å². The third kappa shape index (κ3) is 2.25. The van der Waals surface area contributed by atoms with Gasteiger partial charge < -0.3 is 11.1 Å². The van der Waals surface area contributed by atoms with E-state index in [0.29, 0.717) is 5.41 Å². The summed E-state index contributed by atoms with van der Waals surface area (Å²) in [5, 5.41) is 3.50. The van der Waals surface area contributed by atoms with Crippen molar-refractivity contribution in [3.05, 3.63) is 23.8 Å². The SMILES string of the molecule is Cc1cc(N)ccc1NCC1CC1(C)C. The first-order valence-corrected chi connectivity index (χ1v) is 5.59. The van der Waals surface area contributed by atoms with E-state index >= 15 is 0 Å². The summed E-state index contributed by atoms with van der Waals surface area (Å²) in [6, 6.07) is 6.04. The Hall–Kier alpha value is -1.18. The van der Waals surface area contributed by atoms with Gasteiger partial charge in [-0.25, -0.2) is 0 Å². The molecule has 0 amide bonds. The van der Waals surface area contributed by atoms with E-state index in [2.05, 4.69) is 32.2 Å². The Kier molecular flexibility index (Phi) is 2.37. The molecule has 0 saturated heterocycles. The molecule has 0 spiro atoms. The Morgan fingerprint density at radius 2 is 2.13 bits per heavy atom. The topological polar surface area (TPSA) is 38.0 Å². The molecule has 2 heteroatoms. The lowest BCUT2D eigenvalue weighted by molar-refractivity contribution is 0.573. The Labute approximate surface area is 91.9 Å². The highest BCUT2D eigenvalue weighted by molar-refractivity contribution is 5.57. The van der Waals surface area contributed by atoms with Crippen LogP contribution in [0, 0.1) is 18.3 Å². The molecule has 1 aliphatic carbocycles. The number of nitrogen functional groups attached to an aromatic ring is 1. The van der Waals surface area contributed by atoms with Crippen LogP contribution in [-0.2, 0) is 0 Å². The Morgan fingerprint density at radius 1 is 1.47 bits per heavy atom. The van der Waals surface area contributed by atoms with E-state index in [0.717, 1.165) is 18.2 Å². The minimum atomic E-state index is 0.550. The number of hydrogen-bond acceptors (Lipinski definition) is 2. The van der Waals surface area contributed by atoms with E-state index in [4.69, 9.17) is 5.73 Å². The molecule has 0 aromatic heterocycles. The van der Waals surface area contributed by atoms with Crippen molar-refractivity contribution >= 4 is 11.4 Å². The van der Waals surface area contributed by atoms with E-state index in [1.807, 2.05) is 12.1 Å². The van der Waals surface area contributed by atoms with Crippen LogP contribution in [-0.4, -0.2) is 6.54 Å². The second-order valence-corrected chi connectivity index (χ2v) is 5.34. The Bertz CT molecular complexity index is 369. The first kappa shape index (κ1) is 10.3. The molecule has 1 saturated carbocycles. The van der Waals surface area contributed by atoms with E-state index in [1.165, 1.54) is 17.7 Å². The van der Waals surface area contributed by atoms with E-state index in [9.17, 15) is 0 Å². The van der Waals surface area contributed by atoms with Gasteiger partial charge >= 0.3 is 0 Å². The highest BCUT2D eigenvalue weighted by Crippen LogP contribution is 2.51. The van der Waals surface area contributed by atoms with E-state index in [1.54, 1.807) is 0 Å². The number of anilines is 2. The summed E-state index contributed by atoms with van der Waals surface area (Å²) < 4.78 is 0. The second kappa shape index (κ2) is 3.44. The molecule has 1 unspecified atom stereocenters. The average molecular weight is 204 g/mol. The summed E-state index contributed by atoms with van der Waals surface area (Å²) >= 11 is 0. The smallest absolute Gasteiger partial charge is 0.0371 e. The van der Waals surface area contributed by atoms with Gasteiger partial charge in [-0.15, -0.1) is 0 Å². The van der Waals surface area contributed by atoms with Crippen LogP contribution >= 0.6 is 0 Å². The molecule has 1 atom stereocenters. The van der Waals surface area contributed by atoms with Crippen LogP contribution in [0.15, 0.2) is 18.2 Å². The number of aryl methyl sites for hydroxylation is 1. The fourth-order valence-electron chi connectivity index (χ4n) is 2.04. The molecule has 1 fully saturated rings. The van der Waals surface area contributed by atoms with Crippen LogP contribution < -0.4 is 11.1 Å². The van der Waals surface area contributed by atoms with Gasteiger partial charge in [0, 0.05) is 17.9 Å². The molecule has 82 valence electrons. The maximum Gasteiger partial charge on any atom is 0.0371 e. The van der Waals surface area contributed by atoms with Crippen LogP contribution in [0.5, 0.6) is 0 Å². The molecular formula is C13H20N2. The molecule has 1 aromatic rings. The van der Waals surface area contributed by atoms with Crippen molar-refractivity contribution in [2.24, 2.45) is 11.3 Å². The average Bonchev–Trinajstić information content (AvgIpc) is 2.73. The van der Waals surface area contributed by atoms with Crippen molar-refractivity contribution in [1.82, 2.24) is 0 Å². The summed E-state index contributed by atoms with van der Waals surface area (Å²) in [5.41, 5.74) is 9.54. The summed E-state index contributed by atoms with van der Waals surface area (Å²) in [7, 11) is 0. The van der Waals surface area contributed by atoms with Crippen molar-refractivity contribution in [2.45, 2.75) is 27.2 Å². The summed E-state index contributed by atoms with van der Waals surface area (Å²) in [6.45, 7) is 7.83. The monoisotopic (exact) mass is 204 g/mol. The van der Waals surface area contributed by atoms with Gasteiger partial charge in [0.05, 0.1) is 0 Å². The predicted octanol–water partition coefficient (Wildman–Crippen LogP) is 3.04. The van der Waals surface area contributed by atoms with Gasteiger partial charge in [0.15, 0.2) is 0 Å². The maximum atomic E-state index is 5.71. The Balaban J connectivity index is 1.94. The lowest BCUT2D eigenvalue weighted by atomic mass is 10.1. The third-order valence-electron chi connectivity index (χ3n) is 3.51. The number of benzene rings is 1. The van der Waals surface area contributed by atoms with Gasteiger partial charge in [0.1, 0.15) is 0 Å². The minimum absolute atomic E-state index is 0.550. The highest BCUT2D eigenvalue weighted by atomic mass is 14.9. The van der Waals surface area contributed by atoms with Gasteiger partial charge in [0.2, 0.25) is 0 Å². The zero-order valence-electron chi connectivity index (χ0n) is 9.80. The predicted molar refractivity (Wildman–Crippen MR) is 66.0 cm³/mol. The standard InChI is InChI=1S/C13H20N2/c1-9-6-11(14)4-5-12(9)15-8-10-7-13(10,2)3/h4-6,10,15H,7-8,14H2,1-3H3. The third-order valence-corrected chi connectivity index (χ3v) is 3.51. The number of hydrogen-bond donors (Lipinski definition) is 2. The molecule has 1 aliphatic rings. The van der Waals surface area contributed by atoms with Crippen molar-refractivity contribution < 1.29 is 0 Å². The first-order valence-electron chi connectivity index (χ1n) is 5.59. The van der Waals surface area contributed by atoms with Crippen LogP contribution in [0.1, 0.15) is 25.8 Å². The molecule has 0 heterocycles. The van der Waals surface area contributed by atoms with E-state index < -0.39 is 0 Å². The lowest BCUT2D eigenvalue weighted by Crippen LogP contribution is -2.08. The zero-order valence-corrected chi connectivity index (χ0v) is 9.80. The fourth-order valence-corrected chi connectivity index (χ4v) is 2.04. The van der Waals surface area contributed by atoms with Crippen molar-refractivity contribution in [3.8, 4) is 0 Å². The minimum Gasteiger partial charge on any atom is -0.399 e. The Morgan fingerprint density at radius 3 is 2.67 bits per heavy atom. The van der Waals surface area contributed by atoms with E-state index in [-0.39, 0.29) is 0 Å². The lowest BCUT2D eigenvalue weighted by Gasteiger charge is -2.10. The number of rotatable bonds is 3. The molecule has 2 nitrogen and oxygen atoms in total. The van der Waals surface area contributed by atoms with Gasteiger partial charge in [-0.1, -0.05) is 13.8 Å². The van der Waals surface area contributed by atoms with Gasteiger partial charge in [-0.2, -0.15) is 0 Å². The zero-order chi connectivity index (χ0) is 11.1. The van der Waals surface area contributed by atoms with Crippen LogP contribution in [0.2, 0.25) is 0 Å². The van der Waals surface area contributed by atoms with Crippen LogP contribution in [0.4, 0.5) is 11.4 Å². The molecule has 0 bridgehead atoms. The first-order chi connectivity index (χ1) is 6.99. The van der Waals surface area contributed by atoms with Crippen LogP contribution in [0.25, 0.3) is 0 Å². The molecule has 2 rings (SSSR count). The van der Waals surface area contributed by atoms with Gasteiger partial charge in [-0.05, 0) is 48.4 Å². The molecule has 0 radical (unpaired) electrons. The summed E-state index contributed by atoms with van der Waals surface area (Å²) in [4.78, 5) is 0. The molecule has 1 aromatic carbocycles. The summed E-state index contributed by atoms with van der Waals surface area (Å²) in [5.74, 6) is 0.828. The normalized spacial score (nSPS) is 22.5. The van der Waals surface area contributed by atoms with Crippen molar-refractivity contribution in [3.63, 3.8) is 0 Å². The molecule has 0 aliphatic heterocycles. The highest BCUT2D eigenvalue weighted by Gasteiger charge is 2.44. The van der Waals surface area contributed by atoms with Gasteiger partial charge in [-0.3, -0.25) is 0 Å². The largest absolute Gasteiger partial charge is 0.399 e. The second-order valence-electron chi connectivity index (χ2n) is 5.34.